The first-order valence-corrected chi connectivity index (χ1v) is 7.57. The van der Waals surface area contributed by atoms with Crippen molar-refractivity contribution in [1.29, 1.82) is 0 Å². The van der Waals surface area contributed by atoms with Crippen LogP contribution >= 0.6 is 0 Å². The molecule has 0 aromatic heterocycles. The van der Waals surface area contributed by atoms with Gasteiger partial charge in [0.05, 0.1) is 6.10 Å². The Kier molecular flexibility index (Phi) is 4.49. The first-order chi connectivity index (χ1) is 9.43. The highest BCUT2D eigenvalue weighted by Crippen LogP contribution is 2.23. The maximum Gasteiger partial charge on any atom is 0.0588 e. The summed E-state index contributed by atoms with van der Waals surface area (Å²) in [4.78, 5) is 0. The van der Waals surface area contributed by atoms with E-state index in [1.54, 1.807) is 0 Å². The molecule has 104 valence electrons. The van der Waals surface area contributed by atoms with Crippen LogP contribution in [-0.2, 0) is 11.3 Å². The highest BCUT2D eigenvalue weighted by atomic mass is 16.5. The van der Waals surface area contributed by atoms with Gasteiger partial charge in [0.1, 0.15) is 0 Å². The Morgan fingerprint density at radius 2 is 2.21 bits per heavy atom. The maximum atomic E-state index is 5.68. The molecule has 3 rings (SSSR count). The summed E-state index contributed by atoms with van der Waals surface area (Å²) >= 11 is 0. The van der Waals surface area contributed by atoms with Crippen LogP contribution in [0.15, 0.2) is 24.3 Å². The van der Waals surface area contributed by atoms with Gasteiger partial charge in [-0.3, -0.25) is 0 Å². The highest BCUT2D eigenvalue weighted by molar-refractivity contribution is 5.30. The zero-order valence-corrected chi connectivity index (χ0v) is 11.5. The lowest BCUT2D eigenvalue weighted by Crippen LogP contribution is -2.26. The zero-order chi connectivity index (χ0) is 12.9. The van der Waals surface area contributed by atoms with Gasteiger partial charge in [0, 0.05) is 19.2 Å². The average molecular weight is 260 g/mol. The van der Waals surface area contributed by atoms with Gasteiger partial charge in [0.25, 0.3) is 0 Å². The molecule has 0 saturated carbocycles. The van der Waals surface area contributed by atoms with Crippen LogP contribution in [0.5, 0.6) is 0 Å². The van der Waals surface area contributed by atoms with Crippen molar-refractivity contribution in [2.75, 3.05) is 19.7 Å². The van der Waals surface area contributed by atoms with Crippen LogP contribution in [-0.4, -0.2) is 25.8 Å². The van der Waals surface area contributed by atoms with E-state index in [1.165, 1.54) is 30.4 Å². The van der Waals surface area contributed by atoms with Crippen LogP contribution in [0.1, 0.15) is 42.9 Å². The van der Waals surface area contributed by atoms with E-state index in [0.29, 0.717) is 12.1 Å². The van der Waals surface area contributed by atoms with Gasteiger partial charge in [-0.15, -0.1) is 0 Å². The fraction of sp³-hybridized carbons (Fsp3) is 0.625. The second-order valence-electron chi connectivity index (χ2n) is 5.59. The second-order valence-corrected chi connectivity index (χ2v) is 5.59. The Bertz CT molecular complexity index is 401. The quantitative estimate of drug-likeness (QED) is 0.872. The van der Waals surface area contributed by atoms with E-state index < -0.39 is 0 Å². The zero-order valence-electron chi connectivity index (χ0n) is 11.5. The van der Waals surface area contributed by atoms with Crippen LogP contribution in [0.3, 0.4) is 0 Å². The van der Waals surface area contributed by atoms with Crippen molar-refractivity contribution in [1.82, 2.24) is 10.6 Å². The molecule has 2 aliphatic heterocycles. The minimum atomic E-state index is 0.492. The number of hydrogen-bond acceptors (Lipinski definition) is 3. The molecule has 3 nitrogen and oxygen atoms in total. The summed E-state index contributed by atoms with van der Waals surface area (Å²) in [6.45, 7) is 4.11. The van der Waals surface area contributed by atoms with Crippen molar-refractivity contribution in [2.24, 2.45) is 0 Å². The van der Waals surface area contributed by atoms with Gasteiger partial charge in [-0.25, -0.2) is 0 Å². The Morgan fingerprint density at radius 1 is 1.26 bits per heavy atom. The number of benzene rings is 1. The number of ether oxygens (including phenoxy) is 1. The summed E-state index contributed by atoms with van der Waals surface area (Å²) in [5.74, 6) is 0. The number of hydrogen-bond donors (Lipinski definition) is 2. The normalized spacial score (nSPS) is 26.9. The molecule has 3 heteroatoms. The van der Waals surface area contributed by atoms with E-state index >= 15 is 0 Å². The molecule has 1 fully saturated rings. The minimum absolute atomic E-state index is 0.492. The lowest BCUT2D eigenvalue weighted by molar-refractivity contribution is 0.103. The first kappa shape index (κ1) is 13.1. The number of nitrogens with one attached hydrogen (secondary N) is 2. The molecule has 1 saturated heterocycles. The van der Waals surface area contributed by atoms with Crippen LogP contribution in [0, 0.1) is 0 Å². The predicted molar refractivity (Wildman–Crippen MR) is 77.1 cm³/mol. The fourth-order valence-corrected chi connectivity index (χ4v) is 3.16. The first-order valence-electron chi connectivity index (χ1n) is 7.57. The predicted octanol–water partition coefficient (Wildman–Crippen LogP) is 2.38. The smallest absolute Gasteiger partial charge is 0.0588 e. The van der Waals surface area contributed by atoms with E-state index in [4.69, 9.17) is 4.74 Å². The standard InChI is InChI=1S/C16H24N2O/c1-2-6-15-13(4-1)12-17-9-8-16(15)18-10-7-14-5-3-11-19-14/h1-2,4,6,14,16-18H,3,5,7-12H2. The van der Waals surface area contributed by atoms with Crippen LogP contribution in [0.25, 0.3) is 0 Å². The minimum Gasteiger partial charge on any atom is -0.378 e. The van der Waals surface area contributed by atoms with Crippen molar-refractivity contribution >= 4 is 0 Å². The van der Waals surface area contributed by atoms with Gasteiger partial charge >= 0.3 is 0 Å². The molecule has 2 atom stereocenters. The summed E-state index contributed by atoms with van der Waals surface area (Å²) in [7, 11) is 0. The Morgan fingerprint density at radius 3 is 3.11 bits per heavy atom. The van der Waals surface area contributed by atoms with Crippen molar-refractivity contribution < 1.29 is 4.74 Å². The molecule has 0 radical (unpaired) electrons. The summed E-state index contributed by atoms with van der Waals surface area (Å²) in [6, 6.07) is 9.29. The third-order valence-corrected chi connectivity index (χ3v) is 4.24. The van der Waals surface area contributed by atoms with E-state index in [2.05, 4.69) is 34.9 Å². The SMILES string of the molecule is c1ccc2c(c1)CNCCC2NCCC1CCCO1. The molecule has 0 amide bonds. The van der Waals surface area contributed by atoms with Crippen LogP contribution in [0.4, 0.5) is 0 Å². The number of fused-ring (bicyclic) bond motifs is 1. The third kappa shape index (κ3) is 3.35. The summed E-state index contributed by atoms with van der Waals surface area (Å²) in [5.41, 5.74) is 2.91. The summed E-state index contributed by atoms with van der Waals surface area (Å²) < 4.78 is 5.68. The lowest BCUT2D eigenvalue weighted by atomic mass is 9.99. The fourth-order valence-electron chi connectivity index (χ4n) is 3.16. The van der Waals surface area contributed by atoms with Crippen molar-refractivity contribution in [2.45, 2.75) is 44.4 Å². The molecule has 1 aromatic carbocycles. The van der Waals surface area contributed by atoms with Gasteiger partial charge in [0.2, 0.25) is 0 Å². The van der Waals surface area contributed by atoms with E-state index in [1.807, 2.05) is 0 Å². The molecule has 0 bridgehead atoms. The molecule has 2 unspecified atom stereocenters. The Balaban J connectivity index is 1.57. The molecule has 2 heterocycles. The molecule has 1 aromatic rings. The second kappa shape index (κ2) is 6.51. The summed E-state index contributed by atoms with van der Waals surface area (Å²) in [5, 5.41) is 7.22. The van der Waals surface area contributed by atoms with Gasteiger partial charge in [-0.2, -0.15) is 0 Å². The molecule has 0 spiro atoms. The summed E-state index contributed by atoms with van der Waals surface area (Å²) in [6.07, 6.45) is 5.28. The molecule has 2 aliphatic rings. The Labute approximate surface area is 115 Å². The topological polar surface area (TPSA) is 33.3 Å². The highest BCUT2D eigenvalue weighted by Gasteiger charge is 2.19. The third-order valence-electron chi connectivity index (χ3n) is 4.24. The maximum absolute atomic E-state index is 5.68. The Hall–Kier alpha value is -0.900. The van der Waals surface area contributed by atoms with E-state index in [0.717, 1.165) is 32.7 Å². The molecule has 2 N–H and O–H groups in total. The van der Waals surface area contributed by atoms with Crippen molar-refractivity contribution in [3.05, 3.63) is 35.4 Å². The molecular weight excluding hydrogens is 236 g/mol. The average Bonchev–Trinajstić information content (AvgIpc) is 2.87. The van der Waals surface area contributed by atoms with E-state index in [-0.39, 0.29) is 0 Å². The van der Waals surface area contributed by atoms with Crippen molar-refractivity contribution in [3.8, 4) is 0 Å². The van der Waals surface area contributed by atoms with E-state index in [9.17, 15) is 0 Å². The molecule has 0 aliphatic carbocycles. The van der Waals surface area contributed by atoms with Gasteiger partial charge in [-0.1, -0.05) is 24.3 Å². The van der Waals surface area contributed by atoms with Crippen LogP contribution < -0.4 is 10.6 Å². The van der Waals surface area contributed by atoms with Crippen LogP contribution in [0.2, 0.25) is 0 Å². The van der Waals surface area contributed by atoms with Gasteiger partial charge in [-0.05, 0) is 49.9 Å². The monoisotopic (exact) mass is 260 g/mol. The lowest BCUT2D eigenvalue weighted by Gasteiger charge is -2.20. The van der Waals surface area contributed by atoms with Crippen molar-refractivity contribution in [3.63, 3.8) is 0 Å². The molecule has 19 heavy (non-hydrogen) atoms. The molecular formula is C16H24N2O. The number of rotatable bonds is 4. The van der Waals surface area contributed by atoms with Gasteiger partial charge < -0.3 is 15.4 Å². The van der Waals surface area contributed by atoms with Gasteiger partial charge in [0.15, 0.2) is 0 Å². The largest absolute Gasteiger partial charge is 0.378 e.